The van der Waals surface area contributed by atoms with Crippen LogP contribution in [0.3, 0.4) is 0 Å². The first kappa shape index (κ1) is 63.4. The number of benzene rings is 2. The summed E-state index contributed by atoms with van der Waals surface area (Å²) < 4.78 is 12.8. The Kier molecular flexibility index (Phi) is 29.8. The van der Waals surface area contributed by atoms with Crippen LogP contribution in [0.1, 0.15) is 66.8 Å². The van der Waals surface area contributed by atoms with E-state index in [0.29, 0.717) is 0 Å². The number of nitrogens with two attached hydrogens (primary N) is 4. The molecule has 6 heterocycles. The monoisotopic (exact) mass is 1060 g/mol. The molecule has 0 saturated heterocycles. The van der Waals surface area contributed by atoms with Gasteiger partial charge in [-0.15, -0.1) is 0 Å². The van der Waals surface area contributed by atoms with Gasteiger partial charge >= 0.3 is 85.3 Å². The van der Waals surface area contributed by atoms with Gasteiger partial charge in [-0.2, -0.15) is 0 Å². The van der Waals surface area contributed by atoms with Gasteiger partial charge in [-0.3, -0.25) is 0 Å². The summed E-state index contributed by atoms with van der Waals surface area (Å²) in [6.07, 6.45) is 34.4. The van der Waals surface area contributed by atoms with E-state index < -0.39 is 0 Å². The molecular weight excluding hydrogens is 1000 g/mol. The summed E-state index contributed by atoms with van der Waals surface area (Å²) in [5, 5.41) is 0. The largest absolute Gasteiger partial charge is 2.00 e. The first-order valence-corrected chi connectivity index (χ1v) is 18.2. The van der Waals surface area contributed by atoms with Gasteiger partial charge in [-0.25, -0.2) is 29.9 Å². The molecule has 8 rings (SSSR count). The van der Waals surface area contributed by atoms with Crippen LogP contribution in [0.2, 0.25) is 0 Å². The smallest absolute Gasteiger partial charge is 0.693 e. The Labute approximate surface area is 424 Å². The van der Waals surface area contributed by atoms with Crippen molar-refractivity contribution in [3.05, 3.63) is 204 Å². The van der Waals surface area contributed by atoms with Gasteiger partial charge in [0.2, 0.25) is 0 Å². The van der Waals surface area contributed by atoms with Gasteiger partial charge in [0.15, 0.2) is 0 Å². The van der Waals surface area contributed by atoms with Gasteiger partial charge in [0.05, 0.1) is 38.0 Å². The van der Waals surface area contributed by atoms with Gasteiger partial charge in [0, 0.05) is 114 Å². The number of imidazole rings is 6. The van der Waals surface area contributed by atoms with E-state index in [1.54, 1.807) is 0 Å². The third-order valence-electron chi connectivity index (χ3n) is 10.8. The van der Waals surface area contributed by atoms with E-state index in [9.17, 15) is 0 Å². The van der Waals surface area contributed by atoms with Crippen molar-refractivity contribution in [3.8, 4) is 0 Å². The minimum Gasteiger partial charge on any atom is -0.693 e. The van der Waals surface area contributed by atoms with E-state index in [0.717, 1.165) is 39.3 Å². The van der Waals surface area contributed by atoms with Crippen molar-refractivity contribution < 1.29 is 85.3 Å². The fourth-order valence-corrected chi connectivity index (χ4v) is 7.58. The molecule has 0 spiro atoms. The average molecular weight is 1060 g/mol. The van der Waals surface area contributed by atoms with Crippen LogP contribution >= 0.6 is 0 Å². The number of aromatic nitrogens is 12. The zero-order valence-corrected chi connectivity index (χ0v) is 42.1. The fraction of sp³-hybridized carbons (Fsp3) is 0.286. The molecule has 8 N–H and O–H groups in total. The van der Waals surface area contributed by atoms with Crippen molar-refractivity contribution >= 4 is 0 Å². The summed E-state index contributed by atoms with van der Waals surface area (Å²) in [6, 6.07) is 0. The van der Waals surface area contributed by atoms with Crippen LogP contribution in [-0.2, 0) is 125 Å². The second kappa shape index (κ2) is 29.6. The molecule has 8 aromatic rings. The number of hydrogen-bond donors (Lipinski definition) is 0. The van der Waals surface area contributed by atoms with Crippen molar-refractivity contribution in [1.82, 2.24) is 57.3 Å². The average Bonchev–Trinajstić information content (AvgIpc) is 4.02. The minimum atomic E-state index is 0. The maximum Gasteiger partial charge on any atom is 2.00 e. The molecule has 0 bridgehead atoms. The van der Waals surface area contributed by atoms with Crippen LogP contribution in [0.15, 0.2) is 112 Å². The van der Waals surface area contributed by atoms with Crippen LogP contribution in [-0.4, -0.2) is 57.3 Å². The van der Waals surface area contributed by atoms with E-state index in [1.807, 2.05) is 112 Å². The van der Waals surface area contributed by atoms with Crippen LogP contribution in [0.4, 0.5) is 0 Å². The summed E-state index contributed by atoms with van der Waals surface area (Å²) in [7, 11) is 0. The maximum absolute atomic E-state index is 4.20. The van der Waals surface area contributed by atoms with Crippen LogP contribution < -0.4 is 0 Å². The summed E-state index contributed by atoms with van der Waals surface area (Å²) >= 11 is 0. The molecule has 21 heteroatoms. The van der Waals surface area contributed by atoms with Crippen LogP contribution in [0.25, 0.3) is 24.6 Å². The van der Waals surface area contributed by atoms with Crippen molar-refractivity contribution in [3.63, 3.8) is 0 Å². The molecule has 0 aliphatic rings. The fourth-order valence-electron chi connectivity index (χ4n) is 7.58. The Morgan fingerprint density at radius 2 is 0.397 bits per heavy atom. The molecule has 2 aromatic carbocycles. The van der Waals surface area contributed by atoms with Crippen molar-refractivity contribution in [2.24, 2.45) is 0 Å². The molecular formula is C42H56Mn5N16+6. The van der Waals surface area contributed by atoms with Crippen molar-refractivity contribution in [2.45, 2.75) is 80.8 Å². The molecule has 5 radical (unpaired) electrons. The predicted molar refractivity (Wildman–Crippen MR) is 230 cm³/mol. The normalized spacial score (nSPS) is 9.62. The minimum absolute atomic E-state index is 0. The SMILES string of the molecule is Cc1c(Cn2ccnc2)c(C)c(Cn2ccnc2)c(C)c1Cn1ccnc1.Cc1c(Cn2ccnc2)c(C)c(Cn2ccnc2)c(C)c1Cn1ccnc1.[Mn+2].[Mn+2].[Mn+2].[Mn+2].[Mn+2].[NH2-].[NH2-].[NH2-].[NH2-]. The Balaban J connectivity index is -0.000001000. The molecule has 63 heavy (non-hydrogen) atoms. The molecule has 0 atom stereocenters. The first-order valence-electron chi connectivity index (χ1n) is 18.2. The second-order valence-electron chi connectivity index (χ2n) is 14.0. The zero-order valence-electron chi connectivity index (χ0n) is 36.2. The van der Waals surface area contributed by atoms with Crippen LogP contribution in [0, 0.1) is 41.5 Å². The van der Waals surface area contributed by atoms with Crippen LogP contribution in [0.5, 0.6) is 0 Å². The van der Waals surface area contributed by atoms with Crippen molar-refractivity contribution in [1.29, 1.82) is 0 Å². The Bertz CT molecular complexity index is 1920. The van der Waals surface area contributed by atoms with Gasteiger partial charge in [-0.05, 0) is 108 Å². The van der Waals surface area contributed by atoms with Gasteiger partial charge in [-0.1, -0.05) is 0 Å². The third-order valence-corrected chi connectivity index (χ3v) is 10.8. The molecule has 0 amide bonds. The van der Waals surface area contributed by atoms with Gasteiger partial charge in [0.1, 0.15) is 0 Å². The second-order valence-corrected chi connectivity index (χ2v) is 14.0. The van der Waals surface area contributed by atoms with E-state index >= 15 is 0 Å². The summed E-state index contributed by atoms with van der Waals surface area (Å²) in [5.74, 6) is 0. The Morgan fingerprint density at radius 1 is 0.270 bits per heavy atom. The molecule has 333 valence electrons. The molecule has 6 aromatic heterocycles. The molecule has 0 fully saturated rings. The molecule has 0 aliphatic heterocycles. The molecule has 0 aliphatic carbocycles. The Morgan fingerprint density at radius 3 is 0.492 bits per heavy atom. The summed E-state index contributed by atoms with van der Waals surface area (Å²) in [6.45, 7) is 18.4. The Hall–Kier alpha value is -3.86. The van der Waals surface area contributed by atoms with Crippen molar-refractivity contribution in [2.75, 3.05) is 0 Å². The topological polar surface area (TPSA) is 241 Å². The number of nitrogens with zero attached hydrogens (tertiary/aromatic N) is 12. The van der Waals surface area contributed by atoms with E-state index in [4.69, 9.17) is 0 Å². The van der Waals surface area contributed by atoms with E-state index in [-0.39, 0.29) is 110 Å². The quantitative estimate of drug-likeness (QED) is 0.108. The maximum atomic E-state index is 4.20. The standard InChI is InChI=1S/2C21H24N6.5Mn.4H2N/c2*1-16-19(10-25-7-4-22-13-25)17(2)21(12-27-9-6-24-15-27)18(3)20(16)11-26-8-5-23-14-26;;;;;;;;;/h2*4-9,13-15H,10-12H2,1-3H3;;;;;;4*1H2/q;;5*+2;4*-1. The van der Waals surface area contributed by atoms with Gasteiger partial charge in [0.25, 0.3) is 0 Å². The first-order chi connectivity index (χ1) is 26.3. The summed E-state index contributed by atoms with van der Waals surface area (Å²) in [4.78, 5) is 25.2. The number of hydrogen-bond acceptors (Lipinski definition) is 6. The molecule has 0 saturated carbocycles. The number of rotatable bonds is 12. The summed E-state index contributed by atoms with van der Waals surface area (Å²) in [5.41, 5.74) is 16.3. The molecule has 0 unspecified atom stereocenters. The molecule has 16 nitrogen and oxygen atoms in total. The van der Waals surface area contributed by atoms with E-state index in [1.165, 1.54) is 66.8 Å². The zero-order chi connectivity index (χ0) is 37.6. The van der Waals surface area contributed by atoms with E-state index in [2.05, 4.69) is 98.8 Å². The third kappa shape index (κ3) is 15.1. The predicted octanol–water partition coefficient (Wildman–Crippen LogP) is 9.55. The van der Waals surface area contributed by atoms with Gasteiger partial charge < -0.3 is 52.0 Å².